The number of aliphatic hydroxyl groups excluding tert-OH is 1. The van der Waals surface area contributed by atoms with E-state index in [0.29, 0.717) is 13.2 Å². The summed E-state index contributed by atoms with van der Waals surface area (Å²) >= 11 is 1.64. The van der Waals surface area contributed by atoms with E-state index in [9.17, 15) is 5.11 Å². The molecular formula is C12H20N2O2S. The van der Waals surface area contributed by atoms with Crippen molar-refractivity contribution < 1.29 is 9.84 Å². The number of nitrogens with zero attached hydrogens (tertiary/aromatic N) is 1. The van der Waals surface area contributed by atoms with Gasteiger partial charge in [-0.3, -0.25) is 0 Å². The summed E-state index contributed by atoms with van der Waals surface area (Å²) in [4.78, 5) is 5.41. The van der Waals surface area contributed by atoms with E-state index >= 15 is 0 Å². The number of aliphatic hydroxyl groups is 1. The molecule has 5 heteroatoms. The van der Waals surface area contributed by atoms with Crippen molar-refractivity contribution in [3.63, 3.8) is 0 Å². The molecule has 17 heavy (non-hydrogen) atoms. The normalized spacial score (nSPS) is 17.3. The first-order valence-electron chi connectivity index (χ1n) is 6.11. The van der Waals surface area contributed by atoms with Crippen LogP contribution in [-0.2, 0) is 11.3 Å². The van der Waals surface area contributed by atoms with E-state index in [4.69, 9.17) is 4.74 Å². The molecule has 1 aromatic heterocycles. The van der Waals surface area contributed by atoms with E-state index in [1.165, 1.54) is 17.7 Å². The predicted octanol–water partition coefficient (Wildman–Crippen LogP) is 1.33. The lowest BCUT2D eigenvalue weighted by Gasteiger charge is -2.11. The highest BCUT2D eigenvalue weighted by Gasteiger charge is 2.21. The Kier molecular flexibility index (Phi) is 4.91. The summed E-state index contributed by atoms with van der Waals surface area (Å²) < 4.78 is 5.43. The molecule has 1 atom stereocenters. The van der Waals surface area contributed by atoms with Crippen LogP contribution in [0.1, 0.15) is 23.4 Å². The van der Waals surface area contributed by atoms with Crippen molar-refractivity contribution in [2.45, 2.75) is 32.4 Å². The third-order valence-electron chi connectivity index (χ3n) is 2.87. The molecule has 1 saturated carbocycles. The molecule has 1 aliphatic rings. The molecular weight excluding hydrogens is 236 g/mol. The molecule has 1 aromatic rings. The van der Waals surface area contributed by atoms with Crippen LogP contribution in [0.2, 0.25) is 0 Å². The average molecular weight is 256 g/mol. The second-order valence-corrected chi connectivity index (χ2v) is 5.57. The van der Waals surface area contributed by atoms with Gasteiger partial charge in [-0.1, -0.05) is 0 Å². The summed E-state index contributed by atoms with van der Waals surface area (Å²) in [5.74, 6) is 0.759. The molecule has 2 N–H and O–H groups in total. The smallest absolute Gasteiger partial charge is 0.0897 e. The molecule has 2 rings (SSSR count). The van der Waals surface area contributed by atoms with Crippen LogP contribution in [0.5, 0.6) is 0 Å². The predicted molar refractivity (Wildman–Crippen MR) is 68.1 cm³/mol. The zero-order chi connectivity index (χ0) is 12.1. The topological polar surface area (TPSA) is 54.4 Å². The van der Waals surface area contributed by atoms with Gasteiger partial charge in [0.1, 0.15) is 0 Å². The maximum Gasteiger partial charge on any atom is 0.0897 e. The zero-order valence-corrected chi connectivity index (χ0v) is 11.0. The van der Waals surface area contributed by atoms with Crippen molar-refractivity contribution in [3.05, 3.63) is 16.1 Å². The first kappa shape index (κ1) is 13.0. The van der Waals surface area contributed by atoms with Crippen LogP contribution < -0.4 is 5.32 Å². The lowest BCUT2D eigenvalue weighted by atomic mass is 10.3. The van der Waals surface area contributed by atoms with Crippen molar-refractivity contribution in [3.8, 4) is 0 Å². The number of hydrogen-bond acceptors (Lipinski definition) is 5. The van der Waals surface area contributed by atoms with E-state index in [1.807, 2.05) is 12.4 Å². The van der Waals surface area contributed by atoms with Gasteiger partial charge < -0.3 is 15.2 Å². The third-order valence-corrected chi connectivity index (χ3v) is 3.81. The van der Waals surface area contributed by atoms with E-state index in [0.717, 1.165) is 24.8 Å². The van der Waals surface area contributed by atoms with Gasteiger partial charge in [0.15, 0.2) is 0 Å². The number of nitrogens with one attached hydrogen (secondary N) is 1. The highest BCUT2D eigenvalue weighted by Crippen LogP contribution is 2.28. The standard InChI is InChI=1S/C12H20N2O2S/c1-9-12(17-8-14-9)5-13-4-11(15)7-16-6-10-2-3-10/h8,10-11,13,15H,2-7H2,1H3. The summed E-state index contributed by atoms with van der Waals surface area (Å²) in [7, 11) is 0. The second-order valence-electron chi connectivity index (χ2n) is 4.63. The van der Waals surface area contributed by atoms with Crippen LogP contribution in [0.25, 0.3) is 0 Å². The fraction of sp³-hybridized carbons (Fsp3) is 0.750. The monoisotopic (exact) mass is 256 g/mol. The van der Waals surface area contributed by atoms with Crippen molar-refractivity contribution >= 4 is 11.3 Å². The van der Waals surface area contributed by atoms with E-state index in [1.54, 1.807) is 11.3 Å². The molecule has 96 valence electrons. The van der Waals surface area contributed by atoms with Crippen molar-refractivity contribution in [1.82, 2.24) is 10.3 Å². The maximum absolute atomic E-state index is 9.68. The number of aromatic nitrogens is 1. The van der Waals surface area contributed by atoms with E-state index in [2.05, 4.69) is 10.3 Å². The molecule has 4 nitrogen and oxygen atoms in total. The molecule has 0 bridgehead atoms. The van der Waals surface area contributed by atoms with Crippen LogP contribution in [0.15, 0.2) is 5.51 Å². The Bertz CT molecular complexity index is 339. The molecule has 0 saturated heterocycles. The van der Waals surface area contributed by atoms with Crippen molar-refractivity contribution in [2.75, 3.05) is 19.8 Å². The van der Waals surface area contributed by atoms with Crippen LogP contribution in [-0.4, -0.2) is 36.0 Å². The molecule has 1 heterocycles. The van der Waals surface area contributed by atoms with Gasteiger partial charge in [0.05, 0.1) is 23.9 Å². The van der Waals surface area contributed by atoms with Gasteiger partial charge in [0.25, 0.3) is 0 Å². The summed E-state index contributed by atoms with van der Waals surface area (Å²) in [6, 6.07) is 0. The molecule has 0 radical (unpaired) electrons. The van der Waals surface area contributed by atoms with Crippen LogP contribution in [0.3, 0.4) is 0 Å². The summed E-state index contributed by atoms with van der Waals surface area (Å²) in [6.45, 7) is 4.59. The number of aryl methyl sites for hydroxylation is 1. The van der Waals surface area contributed by atoms with Crippen molar-refractivity contribution in [1.29, 1.82) is 0 Å². The highest BCUT2D eigenvalue weighted by atomic mass is 32.1. The molecule has 0 aliphatic heterocycles. The molecule has 1 unspecified atom stereocenters. The van der Waals surface area contributed by atoms with Gasteiger partial charge in [-0.25, -0.2) is 4.98 Å². The molecule has 0 aromatic carbocycles. The van der Waals surface area contributed by atoms with E-state index in [-0.39, 0.29) is 0 Å². The molecule has 0 spiro atoms. The number of rotatable bonds is 8. The Balaban J connectivity index is 1.53. The molecule has 1 fully saturated rings. The molecule has 1 aliphatic carbocycles. The largest absolute Gasteiger partial charge is 0.389 e. The van der Waals surface area contributed by atoms with Crippen LogP contribution in [0, 0.1) is 12.8 Å². The van der Waals surface area contributed by atoms with Gasteiger partial charge in [-0.2, -0.15) is 0 Å². The zero-order valence-electron chi connectivity index (χ0n) is 10.2. The van der Waals surface area contributed by atoms with Gasteiger partial charge in [-0.05, 0) is 25.7 Å². The Labute approximate surface area is 106 Å². The van der Waals surface area contributed by atoms with Gasteiger partial charge in [-0.15, -0.1) is 11.3 Å². The molecule has 0 amide bonds. The SMILES string of the molecule is Cc1ncsc1CNCC(O)COCC1CC1. The Morgan fingerprint density at radius 1 is 1.65 bits per heavy atom. The Morgan fingerprint density at radius 3 is 3.12 bits per heavy atom. The van der Waals surface area contributed by atoms with Gasteiger partial charge in [0, 0.05) is 24.6 Å². The summed E-state index contributed by atoms with van der Waals surface area (Å²) in [5, 5.41) is 12.9. The first-order valence-corrected chi connectivity index (χ1v) is 6.99. The van der Waals surface area contributed by atoms with Gasteiger partial charge in [0.2, 0.25) is 0 Å². The van der Waals surface area contributed by atoms with E-state index < -0.39 is 6.10 Å². The van der Waals surface area contributed by atoms with Crippen molar-refractivity contribution in [2.24, 2.45) is 5.92 Å². The number of hydrogen-bond donors (Lipinski definition) is 2. The Morgan fingerprint density at radius 2 is 2.47 bits per heavy atom. The third kappa shape index (κ3) is 4.71. The number of ether oxygens (including phenoxy) is 1. The minimum atomic E-state index is -0.415. The minimum Gasteiger partial charge on any atom is -0.389 e. The number of thiazole rings is 1. The van der Waals surface area contributed by atoms with Crippen LogP contribution in [0.4, 0.5) is 0 Å². The lowest BCUT2D eigenvalue weighted by molar-refractivity contribution is 0.0324. The quantitative estimate of drug-likeness (QED) is 0.737. The second kappa shape index (κ2) is 6.44. The minimum absolute atomic E-state index is 0.415. The maximum atomic E-state index is 9.68. The lowest BCUT2D eigenvalue weighted by Crippen LogP contribution is -2.30. The highest BCUT2D eigenvalue weighted by molar-refractivity contribution is 7.09. The summed E-state index contributed by atoms with van der Waals surface area (Å²) in [5.41, 5.74) is 2.92. The van der Waals surface area contributed by atoms with Gasteiger partial charge >= 0.3 is 0 Å². The fourth-order valence-corrected chi connectivity index (χ4v) is 2.31. The first-order chi connectivity index (χ1) is 8.25. The fourth-order valence-electron chi connectivity index (χ4n) is 1.56. The Hall–Kier alpha value is -0.490. The average Bonchev–Trinajstić information content (AvgIpc) is 3.03. The summed E-state index contributed by atoms with van der Waals surface area (Å²) in [6.07, 6.45) is 2.17. The van der Waals surface area contributed by atoms with Crippen LogP contribution >= 0.6 is 11.3 Å².